The lowest BCUT2D eigenvalue weighted by atomic mass is 10.0. The molecule has 0 radical (unpaired) electrons. The number of halogens is 3. The van der Waals surface area contributed by atoms with E-state index >= 15 is 0 Å². The SMILES string of the molecule is COc1c(NC(=O)NC2Cc3ccccc3C2O)cc(N2CCOCC2)cc1C(O)C(F)(F)F. The summed E-state index contributed by atoms with van der Waals surface area (Å²) in [6, 6.07) is 8.65. The van der Waals surface area contributed by atoms with Crippen LogP contribution in [0.1, 0.15) is 28.9 Å². The number of carbonyl (C=O) groups is 1. The monoisotopic (exact) mass is 481 g/mol. The maximum absolute atomic E-state index is 13.4. The number of hydrogen-bond acceptors (Lipinski definition) is 6. The fourth-order valence-electron chi connectivity index (χ4n) is 4.37. The highest BCUT2D eigenvalue weighted by Crippen LogP contribution is 2.43. The number of nitrogens with one attached hydrogen (secondary N) is 2. The van der Waals surface area contributed by atoms with Crippen LogP contribution in [0.4, 0.5) is 29.3 Å². The number of nitrogens with zero attached hydrogens (tertiary/aromatic N) is 1. The summed E-state index contributed by atoms with van der Waals surface area (Å²) in [7, 11) is 1.16. The summed E-state index contributed by atoms with van der Waals surface area (Å²) in [6.07, 6.45) is -8.24. The van der Waals surface area contributed by atoms with Gasteiger partial charge in [-0.15, -0.1) is 0 Å². The second kappa shape index (κ2) is 9.69. The van der Waals surface area contributed by atoms with Gasteiger partial charge in [0.25, 0.3) is 0 Å². The van der Waals surface area contributed by atoms with Gasteiger partial charge >= 0.3 is 12.2 Å². The average Bonchev–Trinajstić information content (AvgIpc) is 3.13. The number of methoxy groups -OCH3 is 1. The van der Waals surface area contributed by atoms with Gasteiger partial charge in [-0.25, -0.2) is 4.79 Å². The third kappa shape index (κ3) is 4.91. The van der Waals surface area contributed by atoms with Crippen LogP contribution >= 0.6 is 0 Å². The molecule has 11 heteroatoms. The zero-order chi connectivity index (χ0) is 24.5. The Labute approximate surface area is 194 Å². The van der Waals surface area contributed by atoms with Gasteiger partial charge in [-0.1, -0.05) is 24.3 Å². The second-order valence-corrected chi connectivity index (χ2v) is 8.21. The number of morpholine rings is 1. The van der Waals surface area contributed by atoms with E-state index in [0.717, 1.165) is 18.2 Å². The number of hydrogen-bond donors (Lipinski definition) is 4. The molecular weight excluding hydrogens is 455 g/mol. The van der Waals surface area contributed by atoms with Gasteiger partial charge in [0, 0.05) is 24.3 Å². The summed E-state index contributed by atoms with van der Waals surface area (Å²) in [6.45, 7) is 1.66. The number of anilines is 2. The summed E-state index contributed by atoms with van der Waals surface area (Å²) in [5.41, 5.74) is 1.46. The standard InChI is InChI=1S/C23H26F3N3O5/c1-33-20-16(21(31)23(24,25)26)11-14(29-6-8-34-9-7-29)12-18(20)28-22(32)27-17-10-13-4-2-3-5-15(13)19(17)30/h2-5,11-12,17,19,21,30-31H,6-10H2,1H3,(H2,27,28,32). The number of fused-ring (bicyclic) bond motifs is 1. The molecule has 1 heterocycles. The Balaban J connectivity index is 1.61. The van der Waals surface area contributed by atoms with Crippen LogP contribution in [0.5, 0.6) is 5.75 Å². The number of rotatable bonds is 5. The molecule has 3 unspecified atom stereocenters. The van der Waals surface area contributed by atoms with Crippen molar-refractivity contribution in [3.8, 4) is 5.75 Å². The van der Waals surface area contributed by atoms with E-state index in [4.69, 9.17) is 9.47 Å². The molecule has 0 saturated carbocycles. The van der Waals surface area contributed by atoms with Crippen molar-refractivity contribution >= 4 is 17.4 Å². The molecule has 2 aromatic rings. The summed E-state index contributed by atoms with van der Waals surface area (Å²) < 4.78 is 50.7. The van der Waals surface area contributed by atoms with E-state index < -0.39 is 36.0 Å². The van der Waals surface area contributed by atoms with Crippen molar-refractivity contribution in [1.29, 1.82) is 0 Å². The van der Waals surface area contributed by atoms with Crippen molar-refractivity contribution in [2.75, 3.05) is 43.6 Å². The van der Waals surface area contributed by atoms with E-state index in [1.807, 2.05) is 12.1 Å². The second-order valence-electron chi connectivity index (χ2n) is 8.21. The molecule has 8 nitrogen and oxygen atoms in total. The first-order valence-corrected chi connectivity index (χ1v) is 10.8. The van der Waals surface area contributed by atoms with Gasteiger partial charge in [-0.05, 0) is 29.7 Å². The first-order valence-electron chi connectivity index (χ1n) is 10.8. The molecule has 184 valence electrons. The predicted molar refractivity (Wildman–Crippen MR) is 118 cm³/mol. The molecule has 2 amide bonds. The van der Waals surface area contributed by atoms with Gasteiger partial charge in [0.2, 0.25) is 0 Å². The Morgan fingerprint density at radius 1 is 1.24 bits per heavy atom. The molecule has 1 saturated heterocycles. The highest BCUT2D eigenvalue weighted by molar-refractivity contribution is 5.92. The van der Waals surface area contributed by atoms with E-state index in [1.165, 1.54) is 12.1 Å². The van der Waals surface area contributed by atoms with E-state index in [9.17, 15) is 28.2 Å². The van der Waals surface area contributed by atoms with E-state index in [1.54, 1.807) is 17.0 Å². The van der Waals surface area contributed by atoms with E-state index in [0.29, 0.717) is 38.4 Å². The smallest absolute Gasteiger partial charge is 0.418 e. The molecule has 0 bridgehead atoms. The van der Waals surface area contributed by atoms with Crippen LogP contribution in [0.15, 0.2) is 36.4 Å². The molecule has 2 aromatic carbocycles. The lowest BCUT2D eigenvalue weighted by molar-refractivity contribution is -0.207. The van der Waals surface area contributed by atoms with Crippen molar-refractivity contribution in [2.24, 2.45) is 0 Å². The quantitative estimate of drug-likeness (QED) is 0.524. The van der Waals surface area contributed by atoms with Crippen molar-refractivity contribution in [2.45, 2.75) is 30.8 Å². The molecule has 3 atom stereocenters. The minimum atomic E-state index is -4.93. The van der Waals surface area contributed by atoms with Gasteiger partial charge in [-0.3, -0.25) is 0 Å². The zero-order valence-electron chi connectivity index (χ0n) is 18.4. The normalized spacial score (nSPS) is 21.1. The van der Waals surface area contributed by atoms with Crippen molar-refractivity contribution < 1.29 is 37.7 Å². The first-order chi connectivity index (χ1) is 16.2. The topological polar surface area (TPSA) is 103 Å². The molecule has 0 spiro atoms. The highest BCUT2D eigenvalue weighted by atomic mass is 19.4. The number of ether oxygens (including phenoxy) is 2. The maximum Gasteiger partial charge on any atom is 0.418 e. The number of carbonyl (C=O) groups excluding carboxylic acids is 1. The molecule has 1 fully saturated rings. The fraction of sp³-hybridized carbons (Fsp3) is 0.435. The third-order valence-electron chi connectivity index (χ3n) is 6.05. The van der Waals surface area contributed by atoms with Gasteiger partial charge in [-0.2, -0.15) is 13.2 Å². The number of alkyl halides is 3. The molecule has 4 N–H and O–H groups in total. The Morgan fingerprint density at radius 3 is 2.59 bits per heavy atom. The minimum Gasteiger partial charge on any atom is -0.494 e. The predicted octanol–water partition coefficient (Wildman–Crippen LogP) is 2.91. The van der Waals surface area contributed by atoms with Gasteiger partial charge in [0.1, 0.15) is 5.75 Å². The summed E-state index contributed by atoms with van der Waals surface area (Å²) in [4.78, 5) is 14.6. The van der Waals surface area contributed by atoms with Crippen molar-refractivity contribution in [3.05, 3.63) is 53.1 Å². The number of aliphatic hydroxyl groups is 2. The lowest BCUT2D eigenvalue weighted by Gasteiger charge is -2.31. The summed E-state index contributed by atoms with van der Waals surface area (Å²) in [5.74, 6) is -0.299. The fourth-order valence-corrected chi connectivity index (χ4v) is 4.37. The Bertz CT molecular complexity index is 1040. The molecule has 34 heavy (non-hydrogen) atoms. The van der Waals surface area contributed by atoms with Crippen LogP contribution in [0.25, 0.3) is 0 Å². The van der Waals surface area contributed by atoms with E-state index in [2.05, 4.69) is 10.6 Å². The Morgan fingerprint density at radius 2 is 1.94 bits per heavy atom. The number of urea groups is 1. The lowest BCUT2D eigenvalue weighted by Crippen LogP contribution is -2.40. The summed E-state index contributed by atoms with van der Waals surface area (Å²) in [5, 5.41) is 25.8. The Kier molecular flexibility index (Phi) is 6.87. The van der Waals surface area contributed by atoms with Crippen molar-refractivity contribution in [3.63, 3.8) is 0 Å². The molecule has 1 aliphatic carbocycles. The van der Waals surface area contributed by atoms with Crippen LogP contribution in [-0.2, 0) is 11.2 Å². The molecule has 0 aromatic heterocycles. The first kappa shape index (κ1) is 24.1. The number of amides is 2. The molecule has 4 rings (SSSR count). The molecule has 2 aliphatic rings. The van der Waals surface area contributed by atoms with Gasteiger partial charge in [0.05, 0.1) is 38.2 Å². The van der Waals surface area contributed by atoms with Crippen LogP contribution in [0.2, 0.25) is 0 Å². The van der Waals surface area contributed by atoms with Gasteiger partial charge < -0.3 is 35.2 Å². The summed E-state index contributed by atoms with van der Waals surface area (Å²) >= 11 is 0. The van der Waals surface area contributed by atoms with Crippen LogP contribution in [0.3, 0.4) is 0 Å². The Hall–Kier alpha value is -3.02. The van der Waals surface area contributed by atoms with Crippen LogP contribution in [-0.4, -0.2) is 61.9 Å². The molecular formula is C23H26F3N3O5. The van der Waals surface area contributed by atoms with Crippen molar-refractivity contribution in [1.82, 2.24) is 5.32 Å². The highest BCUT2D eigenvalue weighted by Gasteiger charge is 2.42. The third-order valence-corrected chi connectivity index (χ3v) is 6.05. The van der Waals surface area contributed by atoms with Crippen LogP contribution < -0.4 is 20.3 Å². The van der Waals surface area contributed by atoms with Gasteiger partial charge in [0.15, 0.2) is 6.10 Å². The largest absolute Gasteiger partial charge is 0.494 e. The van der Waals surface area contributed by atoms with Crippen LogP contribution in [0, 0.1) is 0 Å². The minimum absolute atomic E-state index is 0.0349. The number of aliphatic hydroxyl groups excluding tert-OH is 2. The molecule has 1 aliphatic heterocycles. The average molecular weight is 481 g/mol. The maximum atomic E-state index is 13.4. The zero-order valence-corrected chi connectivity index (χ0v) is 18.4. The number of benzene rings is 2. The van der Waals surface area contributed by atoms with E-state index in [-0.39, 0.29) is 11.4 Å².